The molecule has 2 aromatic carbocycles. The molecule has 1 atom stereocenters. The van der Waals surface area contributed by atoms with Crippen LogP contribution in [-0.4, -0.2) is 40.5 Å². The van der Waals surface area contributed by atoms with Gasteiger partial charge < -0.3 is 20.9 Å². The molecule has 2 amide bonds. The van der Waals surface area contributed by atoms with Crippen molar-refractivity contribution in [2.24, 2.45) is 11.7 Å². The molecule has 234 valence electrons. The lowest BCUT2D eigenvalue weighted by atomic mass is 9.86. The van der Waals surface area contributed by atoms with Gasteiger partial charge in [-0.3, -0.25) is 9.59 Å². The van der Waals surface area contributed by atoms with Gasteiger partial charge in [-0.25, -0.2) is 23.1 Å². The number of methoxy groups -OCH3 is 1. The Morgan fingerprint density at radius 1 is 1.07 bits per heavy atom. The normalized spacial score (nSPS) is 16.7. The number of halogens is 5. The van der Waals surface area contributed by atoms with E-state index >= 15 is 8.78 Å². The zero-order valence-electron chi connectivity index (χ0n) is 24.1. The molecule has 2 aromatic heterocycles. The molecule has 0 bridgehead atoms. The number of fused-ring (bicyclic) bond motifs is 1. The highest BCUT2D eigenvalue weighted by atomic mass is 35.5. The van der Waals surface area contributed by atoms with Gasteiger partial charge in [0.15, 0.2) is 5.82 Å². The summed E-state index contributed by atoms with van der Waals surface area (Å²) >= 11 is 12.2. The minimum atomic E-state index is -1.86. The van der Waals surface area contributed by atoms with Crippen LogP contribution in [0.2, 0.25) is 10.0 Å². The van der Waals surface area contributed by atoms with E-state index in [1.807, 2.05) is 0 Å². The molecule has 0 spiro atoms. The fraction of sp³-hybridized carbons (Fsp3) is 0.312. The highest BCUT2D eigenvalue weighted by molar-refractivity contribution is 6.32. The number of ether oxygens (including phenoxy) is 1. The molecular formula is C32H27Cl2F3N4O4. The first-order valence-electron chi connectivity index (χ1n) is 14.1. The number of pyridine rings is 2. The third-order valence-corrected chi connectivity index (χ3v) is 9.34. The first-order valence-corrected chi connectivity index (χ1v) is 14.9. The largest absolute Gasteiger partial charge is 0.494 e. The molecule has 2 aliphatic rings. The molecule has 2 fully saturated rings. The second-order valence-electron chi connectivity index (χ2n) is 11.6. The SMILES string of the molecule is COc1cc(C(=O)NC[C@](O)(c2cc(C3(C(N)=O)CC3)c(F)c(-c3cc(Cl)c(F)cc3F)n2)C2CC2)cc2cc(Cl)c(C)nc12. The fourth-order valence-electron chi connectivity index (χ4n) is 5.69. The molecule has 6 rings (SSSR count). The van der Waals surface area contributed by atoms with Crippen LogP contribution in [0.4, 0.5) is 13.2 Å². The maximum Gasteiger partial charge on any atom is 0.251 e. The van der Waals surface area contributed by atoms with Crippen molar-refractivity contribution in [1.29, 1.82) is 0 Å². The van der Waals surface area contributed by atoms with E-state index < -0.39 is 62.5 Å². The number of carbonyl (C=O) groups is 2. The average Bonchev–Trinajstić information content (AvgIpc) is 3.92. The average molecular weight is 659 g/mol. The Hall–Kier alpha value is -3.93. The summed E-state index contributed by atoms with van der Waals surface area (Å²) in [6.07, 6.45) is 1.58. The molecule has 2 saturated carbocycles. The van der Waals surface area contributed by atoms with E-state index in [-0.39, 0.29) is 36.2 Å². The molecule has 2 aliphatic carbocycles. The van der Waals surface area contributed by atoms with E-state index in [0.29, 0.717) is 46.3 Å². The number of hydrogen-bond acceptors (Lipinski definition) is 6. The van der Waals surface area contributed by atoms with Crippen LogP contribution in [0.15, 0.2) is 36.4 Å². The minimum absolute atomic E-state index is 0.105. The number of benzene rings is 2. The Labute approximate surface area is 265 Å². The van der Waals surface area contributed by atoms with Crippen molar-refractivity contribution in [2.75, 3.05) is 13.7 Å². The minimum Gasteiger partial charge on any atom is -0.494 e. The zero-order chi connectivity index (χ0) is 32.4. The van der Waals surface area contributed by atoms with Crippen LogP contribution in [0.5, 0.6) is 5.75 Å². The van der Waals surface area contributed by atoms with Crippen LogP contribution < -0.4 is 15.8 Å². The van der Waals surface area contributed by atoms with Gasteiger partial charge in [0.05, 0.1) is 40.5 Å². The second-order valence-corrected chi connectivity index (χ2v) is 12.4. The van der Waals surface area contributed by atoms with Crippen LogP contribution in [-0.2, 0) is 15.8 Å². The van der Waals surface area contributed by atoms with Gasteiger partial charge in [-0.15, -0.1) is 0 Å². The van der Waals surface area contributed by atoms with Crippen LogP contribution >= 0.6 is 23.2 Å². The standard InChI is InChI=1S/C32H27Cl2F3N4O4/c1-14-20(33)8-15-7-16(9-24(45-2)27(15)40-14)29(42)39-13-32(44,17-3-4-17)25-11-19(31(5-6-31)30(38)43)26(37)28(41-25)18-10-21(34)23(36)12-22(18)35/h7-12,17,44H,3-6,13H2,1-2H3,(H2,38,43)(H,39,42)/t32-/m1/s1. The van der Waals surface area contributed by atoms with E-state index in [0.717, 1.165) is 6.07 Å². The molecule has 0 saturated heterocycles. The Morgan fingerprint density at radius 2 is 1.78 bits per heavy atom. The molecule has 4 N–H and O–H groups in total. The highest BCUT2D eigenvalue weighted by Crippen LogP contribution is 2.52. The van der Waals surface area contributed by atoms with E-state index in [1.54, 1.807) is 19.1 Å². The van der Waals surface area contributed by atoms with E-state index in [2.05, 4.69) is 15.3 Å². The van der Waals surface area contributed by atoms with Crippen molar-refractivity contribution in [3.8, 4) is 17.0 Å². The predicted octanol–water partition coefficient (Wildman–Crippen LogP) is 5.88. The first kappa shape index (κ1) is 31.1. The zero-order valence-corrected chi connectivity index (χ0v) is 25.6. The summed E-state index contributed by atoms with van der Waals surface area (Å²) in [6.45, 7) is 1.38. The summed E-state index contributed by atoms with van der Waals surface area (Å²) < 4.78 is 50.5. The molecule has 0 unspecified atom stereocenters. The molecule has 45 heavy (non-hydrogen) atoms. The summed E-state index contributed by atoms with van der Waals surface area (Å²) in [7, 11) is 1.44. The summed E-state index contributed by atoms with van der Waals surface area (Å²) in [5, 5.41) is 15.3. The molecule has 0 radical (unpaired) electrons. The first-order chi connectivity index (χ1) is 21.3. The Kier molecular flexibility index (Phi) is 7.70. The molecule has 0 aliphatic heterocycles. The number of amides is 2. The van der Waals surface area contributed by atoms with Crippen LogP contribution in [0.3, 0.4) is 0 Å². The summed E-state index contributed by atoms with van der Waals surface area (Å²) in [5.41, 5.74) is 2.40. The second kappa shape index (κ2) is 11.1. The lowest BCUT2D eigenvalue weighted by Gasteiger charge is -2.30. The van der Waals surface area contributed by atoms with Crippen molar-refractivity contribution in [3.63, 3.8) is 0 Å². The van der Waals surface area contributed by atoms with E-state index in [9.17, 15) is 19.1 Å². The monoisotopic (exact) mass is 658 g/mol. The molecular weight excluding hydrogens is 632 g/mol. The number of aliphatic hydroxyl groups is 1. The Bertz CT molecular complexity index is 1920. The molecule has 4 aromatic rings. The van der Waals surface area contributed by atoms with Crippen molar-refractivity contribution in [1.82, 2.24) is 15.3 Å². The van der Waals surface area contributed by atoms with Crippen molar-refractivity contribution in [3.05, 3.63) is 86.4 Å². The molecule has 2 heterocycles. The lowest BCUT2D eigenvalue weighted by molar-refractivity contribution is -0.120. The number of primary amides is 1. The van der Waals surface area contributed by atoms with Gasteiger partial charge in [0, 0.05) is 28.1 Å². The Morgan fingerprint density at radius 3 is 2.40 bits per heavy atom. The van der Waals surface area contributed by atoms with Gasteiger partial charge in [-0.2, -0.15) is 0 Å². The maximum absolute atomic E-state index is 16.1. The number of aryl methyl sites for hydroxylation is 1. The van der Waals surface area contributed by atoms with Gasteiger partial charge in [-0.1, -0.05) is 23.2 Å². The topological polar surface area (TPSA) is 127 Å². The van der Waals surface area contributed by atoms with Crippen LogP contribution in [0, 0.1) is 30.3 Å². The van der Waals surface area contributed by atoms with Gasteiger partial charge in [0.25, 0.3) is 5.91 Å². The van der Waals surface area contributed by atoms with Gasteiger partial charge in [0.1, 0.15) is 34.2 Å². The van der Waals surface area contributed by atoms with Gasteiger partial charge in [-0.05, 0) is 68.9 Å². The highest BCUT2D eigenvalue weighted by Gasteiger charge is 2.54. The maximum atomic E-state index is 16.1. The summed E-state index contributed by atoms with van der Waals surface area (Å²) in [4.78, 5) is 34.7. The number of carbonyl (C=O) groups excluding carboxylic acids is 2. The smallest absolute Gasteiger partial charge is 0.251 e. The number of nitrogens with two attached hydrogens (primary N) is 1. The number of hydrogen-bond donors (Lipinski definition) is 3. The van der Waals surface area contributed by atoms with Gasteiger partial charge in [0.2, 0.25) is 5.91 Å². The number of aromatic nitrogens is 2. The van der Waals surface area contributed by atoms with Crippen molar-refractivity contribution in [2.45, 2.75) is 43.6 Å². The quantitative estimate of drug-likeness (QED) is 0.193. The van der Waals surface area contributed by atoms with E-state index in [1.165, 1.54) is 19.2 Å². The van der Waals surface area contributed by atoms with Gasteiger partial charge >= 0.3 is 0 Å². The number of nitrogens with one attached hydrogen (secondary N) is 1. The van der Waals surface area contributed by atoms with Crippen molar-refractivity contribution >= 4 is 45.9 Å². The third kappa shape index (κ3) is 5.36. The van der Waals surface area contributed by atoms with Crippen LogP contribution in [0.1, 0.15) is 53.0 Å². The van der Waals surface area contributed by atoms with Crippen molar-refractivity contribution < 1.29 is 32.6 Å². The number of rotatable bonds is 9. The molecule has 8 nitrogen and oxygen atoms in total. The lowest BCUT2D eigenvalue weighted by Crippen LogP contribution is -2.43. The summed E-state index contributed by atoms with van der Waals surface area (Å²) in [5.74, 6) is -4.66. The predicted molar refractivity (Wildman–Crippen MR) is 162 cm³/mol. The fourth-order valence-corrected chi connectivity index (χ4v) is 6.01. The number of nitrogens with zero attached hydrogens (tertiary/aromatic N) is 2. The Balaban J connectivity index is 1.42. The summed E-state index contributed by atoms with van der Waals surface area (Å²) in [6, 6.07) is 7.39. The third-order valence-electron chi connectivity index (χ3n) is 8.67. The molecule has 13 heteroatoms. The van der Waals surface area contributed by atoms with E-state index in [4.69, 9.17) is 33.7 Å². The van der Waals surface area contributed by atoms with Crippen LogP contribution in [0.25, 0.3) is 22.2 Å².